The molecule has 0 spiro atoms. The van der Waals surface area contributed by atoms with E-state index in [-0.39, 0.29) is 18.7 Å². The number of methoxy groups -OCH3 is 1. The lowest BCUT2D eigenvalue weighted by Crippen LogP contribution is -2.20. The van der Waals surface area contributed by atoms with E-state index < -0.39 is 11.7 Å². The second-order valence-corrected chi connectivity index (χ2v) is 8.51. The molecule has 9 heteroatoms. The van der Waals surface area contributed by atoms with Gasteiger partial charge in [-0.1, -0.05) is 29.8 Å². The number of nitrogens with one attached hydrogen (secondary N) is 2. The Kier molecular flexibility index (Phi) is 9.37. The van der Waals surface area contributed by atoms with Crippen LogP contribution in [0, 0.1) is 12.7 Å². The lowest BCUT2D eigenvalue weighted by atomic mass is 10.2. The highest BCUT2D eigenvalue weighted by Gasteiger charge is 2.12. The smallest absolute Gasteiger partial charge is 0.240 e. The van der Waals surface area contributed by atoms with Crippen LogP contribution in [0.4, 0.5) is 10.1 Å². The van der Waals surface area contributed by atoms with Crippen LogP contribution in [0.3, 0.4) is 0 Å². The lowest BCUT2D eigenvalue weighted by Gasteiger charge is -2.13. The molecular formula is C26H25BrFN3O4. The number of halogens is 2. The number of anilines is 1. The highest BCUT2D eigenvalue weighted by molar-refractivity contribution is 9.10. The summed E-state index contributed by atoms with van der Waals surface area (Å²) in [6.07, 6.45) is 1.38. The van der Waals surface area contributed by atoms with Crippen LogP contribution < -0.4 is 20.2 Å². The van der Waals surface area contributed by atoms with E-state index in [4.69, 9.17) is 9.47 Å². The first-order valence-electron chi connectivity index (χ1n) is 10.8. The standard InChI is InChI=1S/C26H25BrFN3O4/c1-17-3-5-18(6-4-17)16-35-26-22(27)13-19(14-23(26)34-2)15-29-31-25(33)12-11-24(32)30-21-9-7-20(28)8-10-21/h3-10,13-15H,11-12,16H2,1-2H3,(H,30,32)(H,31,33). The van der Waals surface area contributed by atoms with Gasteiger partial charge in [0.2, 0.25) is 11.8 Å². The van der Waals surface area contributed by atoms with Crippen molar-refractivity contribution in [1.29, 1.82) is 0 Å². The minimum Gasteiger partial charge on any atom is -0.493 e. The highest BCUT2D eigenvalue weighted by Crippen LogP contribution is 2.36. The van der Waals surface area contributed by atoms with Gasteiger partial charge in [0.25, 0.3) is 0 Å². The highest BCUT2D eigenvalue weighted by atomic mass is 79.9. The average Bonchev–Trinajstić information content (AvgIpc) is 2.84. The van der Waals surface area contributed by atoms with Crippen molar-refractivity contribution in [2.75, 3.05) is 12.4 Å². The summed E-state index contributed by atoms with van der Waals surface area (Å²) in [4.78, 5) is 24.0. The molecule has 0 bridgehead atoms. The maximum absolute atomic E-state index is 12.9. The SMILES string of the molecule is COc1cc(C=NNC(=O)CCC(=O)Nc2ccc(F)cc2)cc(Br)c1OCc1ccc(C)cc1. The molecule has 0 fully saturated rings. The number of hydrogen-bond donors (Lipinski definition) is 2. The molecule has 0 unspecified atom stereocenters. The second kappa shape index (κ2) is 12.7. The summed E-state index contributed by atoms with van der Waals surface area (Å²) < 4.78 is 25.0. The van der Waals surface area contributed by atoms with E-state index in [0.29, 0.717) is 33.8 Å². The van der Waals surface area contributed by atoms with Crippen molar-refractivity contribution in [3.05, 3.63) is 87.6 Å². The van der Waals surface area contributed by atoms with Gasteiger partial charge in [-0.3, -0.25) is 9.59 Å². The molecule has 7 nitrogen and oxygen atoms in total. The van der Waals surface area contributed by atoms with Crippen LogP contribution >= 0.6 is 15.9 Å². The van der Waals surface area contributed by atoms with Crippen LogP contribution in [0.1, 0.15) is 29.5 Å². The molecule has 0 radical (unpaired) electrons. The number of carbonyl (C=O) groups excluding carboxylic acids is 2. The van der Waals surface area contributed by atoms with Gasteiger partial charge in [0.15, 0.2) is 11.5 Å². The Balaban J connectivity index is 1.50. The van der Waals surface area contributed by atoms with Crippen molar-refractivity contribution in [3.8, 4) is 11.5 Å². The van der Waals surface area contributed by atoms with Crippen molar-refractivity contribution in [1.82, 2.24) is 5.43 Å². The van der Waals surface area contributed by atoms with E-state index in [2.05, 4.69) is 31.8 Å². The maximum atomic E-state index is 12.9. The van der Waals surface area contributed by atoms with Gasteiger partial charge in [-0.05, 0) is 70.4 Å². The van der Waals surface area contributed by atoms with E-state index >= 15 is 0 Å². The number of carbonyl (C=O) groups is 2. The summed E-state index contributed by atoms with van der Waals surface area (Å²) >= 11 is 3.50. The Morgan fingerprint density at radius 1 is 1.03 bits per heavy atom. The first-order valence-corrected chi connectivity index (χ1v) is 11.6. The van der Waals surface area contributed by atoms with Gasteiger partial charge < -0.3 is 14.8 Å². The Morgan fingerprint density at radius 2 is 1.71 bits per heavy atom. The van der Waals surface area contributed by atoms with E-state index in [1.807, 2.05) is 31.2 Å². The number of nitrogens with zero attached hydrogens (tertiary/aromatic N) is 1. The second-order valence-electron chi connectivity index (χ2n) is 7.66. The molecular weight excluding hydrogens is 517 g/mol. The van der Waals surface area contributed by atoms with E-state index in [0.717, 1.165) is 5.56 Å². The molecule has 0 aliphatic carbocycles. The molecule has 3 aromatic carbocycles. The first kappa shape index (κ1) is 25.9. The average molecular weight is 542 g/mol. The van der Waals surface area contributed by atoms with Gasteiger partial charge >= 0.3 is 0 Å². The molecule has 35 heavy (non-hydrogen) atoms. The van der Waals surface area contributed by atoms with E-state index in [9.17, 15) is 14.0 Å². The van der Waals surface area contributed by atoms with Crippen LogP contribution in [-0.2, 0) is 16.2 Å². The summed E-state index contributed by atoms with van der Waals surface area (Å²) in [7, 11) is 1.54. The number of amides is 2. The molecule has 0 saturated carbocycles. The number of hydrazone groups is 1. The fraction of sp³-hybridized carbons (Fsp3) is 0.192. The first-order chi connectivity index (χ1) is 16.8. The third-order valence-corrected chi connectivity index (χ3v) is 5.45. The van der Waals surface area contributed by atoms with Gasteiger partial charge in [-0.2, -0.15) is 5.10 Å². The van der Waals surface area contributed by atoms with Crippen LogP contribution in [0.15, 0.2) is 70.2 Å². The predicted molar refractivity (Wildman–Crippen MR) is 136 cm³/mol. The zero-order valence-corrected chi connectivity index (χ0v) is 20.9. The Bertz CT molecular complexity index is 1200. The normalized spacial score (nSPS) is 10.7. The predicted octanol–water partition coefficient (Wildman–Crippen LogP) is 5.35. The zero-order valence-electron chi connectivity index (χ0n) is 19.3. The van der Waals surface area contributed by atoms with Crippen LogP contribution in [-0.4, -0.2) is 25.1 Å². The Morgan fingerprint density at radius 3 is 2.40 bits per heavy atom. The van der Waals surface area contributed by atoms with Gasteiger partial charge in [0, 0.05) is 18.5 Å². The quantitative estimate of drug-likeness (QED) is 0.267. The van der Waals surface area contributed by atoms with Crippen LogP contribution in [0.2, 0.25) is 0 Å². The van der Waals surface area contributed by atoms with Crippen molar-refractivity contribution >= 4 is 39.6 Å². The number of hydrogen-bond acceptors (Lipinski definition) is 5. The third kappa shape index (κ3) is 8.22. The van der Waals surface area contributed by atoms with Gasteiger partial charge in [0.1, 0.15) is 12.4 Å². The number of aryl methyl sites for hydroxylation is 1. The minimum atomic E-state index is -0.417. The topological polar surface area (TPSA) is 89.0 Å². The third-order valence-electron chi connectivity index (χ3n) is 4.87. The number of rotatable bonds is 10. The van der Waals surface area contributed by atoms with Crippen molar-refractivity contribution in [3.63, 3.8) is 0 Å². The summed E-state index contributed by atoms with van der Waals surface area (Å²) in [6, 6.07) is 17.0. The molecule has 3 rings (SSSR count). The molecule has 2 N–H and O–H groups in total. The monoisotopic (exact) mass is 541 g/mol. The Labute approximate surface area is 211 Å². The molecule has 0 aliphatic rings. The van der Waals surface area contributed by atoms with Crippen LogP contribution in [0.25, 0.3) is 0 Å². The summed E-state index contributed by atoms with van der Waals surface area (Å²) in [6.45, 7) is 2.41. The summed E-state index contributed by atoms with van der Waals surface area (Å²) in [5, 5.41) is 6.54. The molecule has 0 saturated heterocycles. The summed E-state index contributed by atoms with van der Waals surface area (Å²) in [5.41, 5.74) is 5.73. The molecule has 0 atom stereocenters. The number of benzene rings is 3. The minimum absolute atomic E-state index is 0.0366. The zero-order chi connectivity index (χ0) is 25.2. The fourth-order valence-corrected chi connectivity index (χ4v) is 3.59. The van der Waals surface area contributed by atoms with Crippen molar-refractivity contribution in [2.24, 2.45) is 5.10 Å². The van der Waals surface area contributed by atoms with Crippen molar-refractivity contribution in [2.45, 2.75) is 26.4 Å². The maximum Gasteiger partial charge on any atom is 0.240 e. The largest absolute Gasteiger partial charge is 0.493 e. The van der Waals surface area contributed by atoms with Gasteiger partial charge in [0.05, 0.1) is 17.8 Å². The van der Waals surface area contributed by atoms with E-state index in [1.165, 1.54) is 36.0 Å². The molecule has 182 valence electrons. The van der Waals surface area contributed by atoms with Crippen LogP contribution in [0.5, 0.6) is 11.5 Å². The summed E-state index contributed by atoms with van der Waals surface area (Å²) in [5.74, 6) is -0.0994. The van der Waals surface area contributed by atoms with Crippen molar-refractivity contribution < 1.29 is 23.5 Å². The van der Waals surface area contributed by atoms with E-state index in [1.54, 1.807) is 19.2 Å². The molecule has 0 aliphatic heterocycles. The van der Waals surface area contributed by atoms with Gasteiger partial charge in [-0.15, -0.1) is 0 Å². The molecule has 3 aromatic rings. The Hall–Kier alpha value is -3.72. The lowest BCUT2D eigenvalue weighted by molar-refractivity contribution is -0.124. The molecule has 0 aromatic heterocycles. The number of ether oxygens (including phenoxy) is 2. The fourth-order valence-electron chi connectivity index (χ4n) is 3.01. The molecule has 2 amide bonds. The van der Waals surface area contributed by atoms with Gasteiger partial charge in [-0.25, -0.2) is 9.82 Å². The molecule has 0 heterocycles.